The smallest absolute Gasteiger partial charge is 0.311 e. The van der Waals surface area contributed by atoms with E-state index in [0.717, 1.165) is 0 Å². The highest BCUT2D eigenvalue weighted by Gasteiger charge is 2.28. The number of allylic oxidation sites excluding steroid dienone is 1. The fourth-order valence-corrected chi connectivity index (χ4v) is 2.65. The minimum absolute atomic E-state index is 0.0961. The van der Waals surface area contributed by atoms with E-state index in [1.54, 1.807) is 30.3 Å². The second-order valence-corrected chi connectivity index (χ2v) is 5.92. The molecule has 0 bridgehead atoms. The lowest BCUT2D eigenvalue weighted by Gasteiger charge is -2.05. The number of benzene rings is 1. The van der Waals surface area contributed by atoms with Gasteiger partial charge in [-0.1, -0.05) is 0 Å². The van der Waals surface area contributed by atoms with Crippen LogP contribution >= 0.6 is 0 Å². The zero-order chi connectivity index (χ0) is 19.5. The molecule has 0 saturated carbocycles. The molecule has 0 spiro atoms. The second-order valence-electron chi connectivity index (χ2n) is 5.92. The average molecular weight is 381 g/mol. The van der Waals surface area contributed by atoms with Gasteiger partial charge in [-0.3, -0.25) is 9.59 Å². The molecule has 0 saturated heterocycles. The Morgan fingerprint density at radius 1 is 1.25 bits per heavy atom. The van der Waals surface area contributed by atoms with E-state index in [4.69, 9.17) is 23.2 Å². The molecule has 142 valence electrons. The lowest BCUT2D eigenvalue weighted by atomic mass is 10.1. The van der Waals surface area contributed by atoms with E-state index in [0.29, 0.717) is 35.1 Å². The molecule has 2 aromatic heterocycles. The molecule has 3 heterocycles. The van der Waals surface area contributed by atoms with E-state index in [1.807, 2.05) is 0 Å². The molecule has 1 aliphatic heterocycles. The van der Waals surface area contributed by atoms with Crippen molar-refractivity contribution in [3.63, 3.8) is 0 Å². The van der Waals surface area contributed by atoms with Crippen LogP contribution < -0.4 is 14.2 Å². The summed E-state index contributed by atoms with van der Waals surface area (Å²) < 4.78 is 26.0. The molecule has 1 aromatic carbocycles. The van der Waals surface area contributed by atoms with Crippen LogP contribution in [-0.4, -0.2) is 24.0 Å². The first-order valence-corrected chi connectivity index (χ1v) is 8.44. The largest absolute Gasteiger partial charge is 0.479 e. The SMILES string of the molecule is COc1cc(CCC(=O)Oc2ccc3c(c2)O/C(=C\c2ccco2)C3=O)on1. The van der Waals surface area contributed by atoms with Crippen LogP contribution in [0.25, 0.3) is 6.08 Å². The number of hydrogen-bond acceptors (Lipinski definition) is 8. The molecule has 0 N–H and O–H groups in total. The summed E-state index contributed by atoms with van der Waals surface area (Å²) in [6.07, 6.45) is 3.44. The molecular formula is C20H15NO7. The van der Waals surface area contributed by atoms with E-state index in [9.17, 15) is 9.59 Å². The van der Waals surface area contributed by atoms with Crippen LogP contribution in [0.5, 0.6) is 17.4 Å². The van der Waals surface area contributed by atoms with Gasteiger partial charge >= 0.3 is 5.97 Å². The first-order chi connectivity index (χ1) is 13.6. The number of aromatic nitrogens is 1. The molecule has 28 heavy (non-hydrogen) atoms. The first kappa shape index (κ1) is 17.6. The van der Waals surface area contributed by atoms with Gasteiger partial charge in [0.1, 0.15) is 23.0 Å². The Balaban J connectivity index is 1.40. The highest BCUT2D eigenvalue weighted by atomic mass is 16.5. The summed E-state index contributed by atoms with van der Waals surface area (Å²) in [5, 5.41) is 3.67. The predicted octanol–water partition coefficient (Wildman–Crippen LogP) is 3.43. The number of methoxy groups -OCH3 is 1. The van der Waals surface area contributed by atoms with Gasteiger partial charge < -0.3 is 23.2 Å². The van der Waals surface area contributed by atoms with Gasteiger partial charge in [-0.25, -0.2) is 0 Å². The third kappa shape index (κ3) is 3.66. The maximum atomic E-state index is 12.4. The van der Waals surface area contributed by atoms with Crippen molar-refractivity contribution >= 4 is 17.8 Å². The Hall–Kier alpha value is -3.81. The van der Waals surface area contributed by atoms with Gasteiger partial charge in [0.05, 0.1) is 25.4 Å². The summed E-state index contributed by atoms with van der Waals surface area (Å²) in [4.78, 5) is 24.4. The zero-order valence-corrected chi connectivity index (χ0v) is 14.8. The van der Waals surface area contributed by atoms with Crippen LogP contribution in [0, 0.1) is 0 Å². The Labute approximate surface area is 159 Å². The molecule has 3 aromatic rings. The lowest BCUT2D eigenvalue weighted by molar-refractivity contribution is -0.134. The van der Waals surface area contributed by atoms with Crippen molar-refractivity contribution in [2.75, 3.05) is 7.11 Å². The predicted molar refractivity (Wildman–Crippen MR) is 95.1 cm³/mol. The molecule has 1 aliphatic rings. The van der Waals surface area contributed by atoms with E-state index in [1.165, 1.54) is 25.5 Å². The van der Waals surface area contributed by atoms with Gasteiger partial charge in [0.2, 0.25) is 5.78 Å². The first-order valence-electron chi connectivity index (χ1n) is 8.44. The number of ketones is 1. The van der Waals surface area contributed by atoms with Crippen molar-refractivity contribution in [1.82, 2.24) is 5.16 Å². The monoisotopic (exact) mass is 381 g/mol. The van der Waals surface area contributed by atoms with Crippen molar-refractivity contribution in [2.45, 2.75) is 12.8 Å². The Morgan fingerprint density at radius 3 is 2.89 bits per heavy atom. The third-order valence-corrected chi connectivity index (χ3v) is 4.01. The van der Waals surface area contributed by atoms with Gasteiger partial charge in [-0.15, -0.1) is 0 Å². The normalized spacial score (nSPS) is 14.0. The lowest BCUT2D eigenvalue weighted by Crippen LogP contribution is -2.08. The molecule has 0 atom stereocenters. The van der Waals surface area contributed by atoms with E-state index >= 15 is 0 Å². The van der Waals surface area contributed by atoms with Crippen LogP contribution in [0.15, 0.2) is 57.4 Å². The van der Waals surface area contributed by atoms with E-state index < -0.39 is 5.97 Å². The molecule has 0 aliphatic carbocycles. The summed E-state index contributed by atoms with van der Waals surface area (Å²) in [6.45, 7) is 0. The number of fused-ring (bicyclic) bond motifs is 1. The standard InChI is InChI=1S/C20H15NO7/c1-24-18-11-14(28-21-18)5-7-19(22)26-13-4-6-15-16(10-13)27-17(20(15)23)9-12-3-2-8-25-12/h2-4,6,8-11H,5,7H2,1H3/b17-9-. The minimum Gasteiger partial charge on any atom is -0.479 e. The fraction of sp³-hybridized carbons (Fsp3) is 0.150. The number of Topliss-reactive ketones (excluding diaryl/α,β-unsaturated/α-hetero) is 1. The van der Waals surface area contributed by atoms with Crippen LogP contribution in [0.4, 0.5) is 0 Å². The summed E-state index contributed by atoms with van der Waals surface area (Å²) >= 11 is 0. The minimum atomic E-state index is -0.453. The number of aryl methyl sites for hydroxylation is 1. The molecule has 0 unspecified atom stereocenters. The molecule has 8 heteroatoms. The van der Waals surface area contributed by atoms with Crippen LogP contribution in [-0.2, 0) is 11.2 Å². The Kier molecular flexibility index (Phi) is 4.67. The highest BCUT2D eigenvalue weighted by Crippen LogP contribution is 2.35. The highest BCUT2D eigenvalue weighted by molar-refractivity contribution is 6.14. The Bertz CT molecular complexity index is 1050. The molecule has 4 rings (SSSR count). The van der Waals surface area contributed by atoms with Crippen molar-refractivity contribution in [1.29, 1.82) is 0 Å². The quantitative estimate of drug-likeness (QED) is 0.364. The number of nitrogens with zero attached hydrogens (tertiary/aromatic N) is 1. The summed E-state index contributed by atoms with van der Waals surface area (Å²) in [5.41, 5.74) is 0.395. The van der Waals surface area contributed by atoms with Crippen molar-refractivity contribution < 1.29 is 32.7 Å². The zero-order valence-electron chi connectivity index (χ0n) is 14.8. The van der Waals surface area contributed by atoms with Crippen molar-refractivity contribution in [3.05, 3.63) is 65.5 Å². The summed E-state index contributed by atoms with van der Waals surface area (Å²) in [7, 11) is 1.48. The van der Waals surface area contributed by atoms with Crippen molar-refractivity contribution in [2.24, 2.45) is 0 Å². The van der Waals surface area contributed by atoms with Crippen molar-refractivity contribution in [3.8, 4) is 17.4 Å². The van der Waals surface area contributed by atoms with E-state index in [2.05, 4.69) is 5.16 Å². The van der Waals surface area contributed by atoms with Crippen LogP contribution in [0.2, 0.25) is 0 Å². The number of rotatable bonds is 6. The number of hydrogen-bond donors (Lipinski definition) is 0. The van der Waals surface area contributed by atoms with Gasteiger partial charge in [-0.2, -0.15) is 0 Å². The van der Waals surface area contributed by atoms with Crippen LogP contribution in [0.1, 0.15) is 28.3 Å². The Morgan fingerprint density at radius 2 is 2.14 bits per heavy atom. The molecule has 0 fully saturated rings. The van der Waals surface area contributed by atoms with Gasteiger partial charge in [0.25, 0.3) is 5.88 Å². The summed E-state index contributed by atoms with van der Waals surface area (Å²) in [6, 6.07) is 9.64. The maximum Gasteiger partial charge on any atom is 0.311 e. The van der Waals surface area contributed by atoms with Crippen LogP contribution in [0.3, 0.4) is 0 Å². The summed E-state index contributed by atoms with van der Waals surface area (Å²) in [5.74, 6) is 1.42. The van der Waals surface area contributed by atoms with E-state index in [-0.39, 0.29) is 23.7 Å². The number of ether oxygens (including phenoxy) is 3. The van der Waals surface area contributed by atoms with Gasteiger partial charge in [0, 0.05) is 24.6 Å². The number of esters is 1. The molecular weight excluding hydrogens is 366 g/mol. The average Bonchev–Trinajstić information content (AvgIpc) is 3.42. The molecule has 8 nitrogen and oxygen atoms in total. The number of carbonyl (C=O) groups excluding carboxylic acids is 2. The number of furan rings is 1. The molecule has 0 amide bonds. The third-order valence-electron chi connectivity index (χ3n) is 4.01. The van der Waals surface area contributed by atoms with Gasteiger partial charge in [0.15, 0.2) is 5.76 Å². The fourth-order valence-electron chi connectivity index (χ4n) is 2.65. The second kappa shape index (κ2) is 7.43. The molecule has 0 radical (unpaired) electrons. The maximum absolute atomic E-state index is 12.4. The topological polar surface area (TPSA) is 101 Å². The number of carbonyl (C=O) groups is 2. The van der Waals surface area contributed by atoms with Gasteiger partial charge in [-0.05, 0) is 29.4 Å².